The number of likely N-dealkylation sites (tertiary alicyclic amines) is 1. The third-order valence-corrected chi connectivity index (χ3v) is 5.80. The zero-order valence-corrected chi connectivity index (χ0v) is 18.3. The van der Waals surface area contributed by atoms with Gasteiger partial charge in [-0.3, -0.25) is 9.69 Å². The number of ether oxygens (including phenoxy) is 1. The van der Waals surface area contributed by atoms with Gasteiger partial charge in [-0.2, -0.15) is 9.97 Å². The Kier molecular flexibility index (Phi) is 6.86. The van der Waals surface area contributed by atoms with Gasteiger partial charge in [0.15, 0.2) is 11.6 Å². The van der Waals surface area contributed by atoms with Crippen molar-refractivity contribution in [3.05, 3.63) is 35.4 Å². The summed E-state index contributed by atoms with van der Waals surface area (Å²) in [5.41, 5.74) is 9.12. The van der Waals surface area contributed by atoms with Gasteiger partial charge in [0.25, 0.3) is 0 Å². The lowest BCUT2D eigenvalue weighted by Crippen LogP contribution is -2.25. The monoisotopic (exact) mass is 424 g/mol. The summed E-state index contributed by atoms with van der Waals surface area (Å²) >= 11 is 0. The molecule has 2 aromatic rings. The number of benzene rings is 1. The van der Waals surface area contributed by atoms with Crippen LogP contribution in [0.25, 0.3) is 0 Å². The fraction of sp³-hybridized carbons (Fsp3) is 0.522. The van der Waals surface area contributed by atoms with Crippen molar-refractivity contribution in [1.82, 2.24) is 14.9 Å². The quantitative estimate of drug-likeness (QED) is 0.628. The predicted octanol–water partition coefficient (Wildman–Crippen LogP) is 3.18. The van der Waals surface area contributed by atoms with E-state index >= 15 is 0 Å². The first-order valence-corrected chi connectivity index (χ1v) is 11.3. The number of hydrogen-bond acceptors (Lipinski definition) is 7. The van der Waals surface area contributed by atoms with Crippen molar-refractivity contribution < 1.29 is 9.53 Å². The van der Waals surface area contributed by atoms with E-state index in [0.29, 0.717) is 37.6 Å². The second kappa shape index (κ2) is 9.96. The Hall–Kier alpha value is -2.87. The lowest BCUT2D eigenvalue weighted by molar-refractivity contribution is -0.115. The molecule has 0 radical (unpaired) electrons. The van der Waals surface area contributed by atoms with E-state index in [-0.39, 0.29) is 17.7 Å². The lowest BCUT2D eigenvalue weighted by atomic mass is 10.1. The molecule has 8 heteroatoms. The molecule has 3 N–H and O–H groups in total. The van der Waals surface area contributed by atoms with Crippen LogP contribution in [0, 0.1) is 0 Å². The van der Waals surface area contributed by atoms with Crippen LogP contribution in [0.4, 0.5) is 17.3 Å². The Morgan fingerprint density at radius 1 is 1.06 bits per heavy atom. The van der Waals surface area contributed by atoms with Gasteiger partial charge >= 0.3 is 6.01 Å². The van der Waals surface area contributed by atoms with Crippen molar-refractivity contribution in [2.24, 2.45) is 0 Å². The molecule has 1 fully saturated rings. The van der Waals surface area contributed by atoms with Crippen molar-refractivity contribution >= 4 is 23.2 Å². The minimum atomic E-state index is -0.0836. The van der Waals surface area contributed by atoms with Crippen LogP contribution in [-0.4, -0.2) is 47.0 Å². The number of nitrogen functional groups attached to an aromatic ring is 1. The van der Waals surface area contributed by atoms with Gasteiger partial charge < -0.3 is 20.7 Å². The number of nitrogens with one attached hydrogen (secondary N) is 1. The first-order chi connectivity index (χ1) is 15.1. The molecule has 1 aromatic heterocycles. The number of hydrogen-bond donors (Lipinski definition) is 2. The van der Waals surface area contributed by atoms with E-state index in [0.717, 1.165) is 24.9 Å². The van der Waals surface area contributed by atoms with Gasteiger partial charge in [0.05, 0.1) is 6.61 Å². The zero-order chi connectivity index (χ0) is 21.6. The highest BCUT2D eigenvalue weighted by Gasteiger charge is 2.25. The molecule has 0 atom stereocenters. The van der Waals surface area contributed by atoms with Crippen LogP contribution in [0.15, 0.2) is 24.3 Å². The fourth-order valence-electron chi connectivity index (χ4n) is 4.03. The van der Waals surface area contributed by atoms with Gasteiger partial charge in [-0.05, 0) is 43.5 Å². The number of nitrogens with two attached hydrogens (primary N) is 1. The molecule has 1 aromatic carbocycles. The summed E-state index contributed by atoms with van der Waals surface area (Å²) in [6, 6.07) is 8.97. The van der Waals surface area contributed by atoms with Crippen LogP contribution in [-0.2, 0) is 17.9 Å². The van der Waals surface area contributed by atoms with Crippen molar-refractivity contribution in [3.8, 4) is 6.01 Å². The van der Waals surface area contributed by atoms with Gasteiger partial charge in [-0.25, -0.2) is 0 Å². The average molecular weight is 425 g/mol. The summed E-state index contributed by atoms with van der Waals surface area (Å²) in [7, 11) is 0. The van der Waals surface area contributed by atoms with Crippen molar-refractivity contribution in [2.75, 3.05) is 42.2 Å². The van der Waals surface area contributed by atoms with Crippen molar-refractivity contribution in [2.45, 2.75) is 52.1 Å². The second-order valence-electron chi connectivity index (χ2n) is 8.31. The topological polar surface area (TPSA) is 96.6 Å². The highest BCUT2D eigenvalue weighted by atomic mass is 16.5. The Morgan fingerprint density at radius 3 is 2.48 bits per heavy atom. The molecule has 1 saturated heterocycles. The highest BCUT2D eigenvalue weighted by molar-refractivity contribution is 5.98. The number of rotatable bonds is 8. The number of amides is 1. The Bertz CT molecular complexity index is 896. The van der Waals surface area contributed by atoms with Gasteiger partial charge in [-0.15, -0.1) is 0 Å². The molecule has 0 saturated carbocycles. The molecular weight excluding hydrogens is 392 g/mol. The second-order valence-corrected chi connectivity index (χ2v) is 8.31. The van der Waals surface area contributed by atoms with Crippen LogP contribution >= 0.6 is 0 Å². The number of unbranched alkanes of at least 4 members (excludes halogenated alkanes) is 1. The first kappa shape index (κ1) is 21.4. The zero-order valence-electron chi connectivity index (χ0n) is 18.3. The number of fused-ring (bicyclic) bond motifs is 1. The standard InChI is InChI=1S/C23H32N6O2/c1-2-3-14-31-23-26-21(24)20-22(27-23)29(13-10-19(30)25-20)16-18-8-6-17(7-9-18)15-28-11-4-5-12-28/h6-9H,2-5,10-16H2,1H3,(H,25,30)(H2,24,26,27). The summed E-state index contributed by atoms with van der Waals surface area (Å²) in [6.45, 7) is 7.22. The third kappa shape index (κ3) is 5.44. The van der Waals surface area contributed by atoms with E-state index in [4.69, 9.17) is 10.5 Å². The molecule has 0 unspecified atom stereocenters. The maximum atomic E-state index is 12.2. The minimum absolute atomic E-state index is 0.0836. The Labute approximate surface area is 183 Å². The van der Waals surface area contributed by atoms with Crippen molar-refractivity contribution in [1.29, 1.82) is 0 Å². The van der Waals surface area contributed by atoms with E-state index in [9.17, 15) is 4.79 Å². The summed E-state index contributed by atoms with van der Waals surface area (Å²) < 4.78 is 5.69. The molecular formula is C23H32N6O2. The van der Waals surface area contributed by atoms with Gasteiger partial charge in [0.2, 0.25) is 5.91 Å². The van der Waals surface area contributed by atoms with Gasteiger partial charge in [0, 0.05) is 26.1 Å². The van der Waals surface area contributed by atoms with E-state index in [1.54, 1.807) is 0 Å². The number of aromatic nitrogens is 2. The Morgan fingerprint density at radius 2 is 1.77 bits per heavy atom. The normalized spacial score (nSPS) is 16.7. The highest BCUT2D eigenvalue weighted by Crippen LogP contribution is 2.33. The molecule has 3 heterocycles. The number of nitrogens with zero attached hydrogens (tertiary/aromatic N) is 4. The SMILES string of the molecule is CCCCOc1nc(N)c2c(n1)N(Cc1ccc(CN3CCCC3)cc1)CCC(=O)N2. The average Bonchev–Trinajstić information content (AvgIpc) is 3.21. The number of anilines is 3. The largest absolute Gasteiger partial charge is 0.463 e. The van der Waals surface area contributed by atoms with Crippen LogP contribution in [0.3, 0.4) is 0 Å². The smallest absolute Gasteiger partial charge is 0.320 e. The first-order valence-electron chi connectivity index (χ1n) is 11.3. The summed E-state index contributed by atoms with van der Waals surface area (Å²) in [4.78, 5) is 25.6. The van der Waals surface area contributed by atoms with Crippen LogP contribution in [0.2, 0.25) is 0 Å². The summed E-state index contributed by atoms with van der Waals surface area (Å²) in [5, 5.41) is 2.86. The van der Waals surface area contributed by atoms with E-state index in [1.807, 2.05) is 0 Å². The van der Waals surface area contributed by atoms with E-state index in [1.165, 1.54) is 31.5 Å². The van der Waals surface area contributed by atoms with Gasteiger partial charge in [0.1, 0.15) is 5.69 Å². The predicted molar refractivity (Wildman–Crippen MR) is 122 cm³/mol. The van der Waals surface area contributed by atoms with Crippen LogP contribution in [0.5, 0.6) is 6.01 Å². The maximum Gasteiger partial charge on any atom is 0.320 e. The van der Waals surface area contributed by atoms with Crippen molar-refractivity contribution in [3.63, 3.8) is 0 Å². The third-order valence-electron chi connectivity index (χ3n) is 5.80. The molecule has 4 rings (SSSR count). The van der Waals surface area contributed by atoms with Gasteiger partial charge in [-0.1, -0.05) is 37.6 Å². The molecule has 0 aliphatic carbocycles. The molecule has 1 amide bonds. The molecule has 0 spiro atoms. The fourth-order valence-corrected chi connectivity index (χ4v) is 4.03. The Balaban J connectivity index is 1.52. The van der Waals surface area contributed by atoms with E-state index in [2.05, 4.69) is 56.3 Å². The molecule has 2 aliphatic heterocycles. The summed E-state index contributed by atoms with van der Waals surface area (Å²) in [6.07, 6.45) is 4.92. The van der Waals surface area contributed by atoms with Crippen LogP contribution in [0.1, 0.15) is 50.2 Å². The molecule has 8 nitrogen and oxygen atoms in total. The van der Waals surface area contributed by atoms with E-state index < -0.39 is 0 Å². The lowest BCUT2D eigenvalue weighted by Gasteiger charge is -2.24. The molecule has 2 aliphatic rings. The summed E-state index contributed by atoms with van der Waals surface area (Å²) in [5.74, 6) is 0.767. The van der Waals surface area contributed by atoms with Crippen LogP contribution < -0.4 is 20.7 Å². The molecule has 31 heavy (non-hydrogen) atoms. The minimum Gasteiger partial charge on any atom is -0.463 e. The number of carbonyl (C=O) groups excluding carboxylic acids is 1. The number of carbonyl (C=O) groups is 1. The maximum absolute atomic E-state index is 12.2. The molecule has 166 valence electrons. The molecule has 0 bridgehead atoms.